The van der Waals surface area contributed by atoms with Gasteiger partial charge in [0, 0.05) is 4.91 Å². The maximum absolute atomic E-state index is 11.9. The number of aliphatic hydroxyl groups is 1. The van der Waals surface area contributed by atoms with E-state index in [1.165, 1.54) is 64.2 Å². The maximum Gasteiger partial charge on any atom is 0.317 e. The predicted molar refractivity (Wildman–Crippen MR) is 110 cm³/mol. The van der Waals surface area contributed by atoms with Crippen LogP contribution in [0.2, 0.25) is 0 Å². The van der Waals surface area contributed by atoms with Crippen molar-refractivity contribution in [3.8, 4) is 0 Å². The first kappa shape index (κ1) is 25.7. The van der Waals surface area contributed by atoms with Crippen molar-refractivity contribution in [1.82, 2.24) is 0 Å². The molecule has 0 saturated heterocycles. The molecule has 0 spiro atoms. The van der Waals surface area contributed by atoms with Gasteiger partial charge in [-0.05, 0) is 25.8 Å². The molecule has 0 amide bonds. The molecular formula is C21H41N3O3. The fraction of sp³-hybridized carbons (Fsp3) is 0.952. The van der Waals surface area contributed by atoms with Crippen molar-refractivity contribution in [2.45, 2.75) is 129 Å². The number of esters is 1. The largest absolute Gasteiger partial charge is 0.463 e. The molecule has 0 aromatic carbocycles. The number of hydrogen-bond donors (Lipinski definition) is 1. The molecule has 0 radical (unpaired) electrons. The van der Waals surface area contributed by atoms with Crippen LogP contribution in [0.5, 0.6) is 0 Å². The highest BCUT2D eigenvalue weighted by atomic mass is 16.5. The van der Waals surface area contributed by atoms with Crippen LogP contribution in [0.4, 0.5) is 0 Å². The van der Waals surface area contributed by atoms with E-state index in [2.05, 4.69) is 16.9 Å². The van der Waals surface area contributed by atoms with Gasteiger partial charge in [0.15, 0.2) is 6.04 Å². The molecule has 0 aromatic rings. The lowest BCUT2D eigenvalue weighted by molar-refractivity contribution is -0.151. The van der Waals surface area contributed by atoms with Gasteiger partial charge in [-0.3, -0.25) is 4.79 Å². The summed E-state index contributed by atoms with van der Waals surface area (Å²) in [6, 6.07) is -1.14. The highest BCUT2D eigenvalue weighted by molar-refractivity contribution is 5.76. The van der Waals surface area contributed by atoms with E-state index < -0.39 is 18.1 Å². The van der Waals surface area contributed by atoms with E-state index in [4.69, 9.17) is 10.3 Å². The average molecular weight is 384 g/mol. The van der Waals surface area contributed by atoms with Gasteiger partial charge in [0.2, 0.25) is 0 Å². The SMILES string of the molecule is CCCCCCCCCCCCCCC[C@@H](O)[C@@H](N=[N+]=[N-])C(=O)OC(C)C. The lowest BCUT2D eigenvalue weighted by Gasteiger charge is -2.18. The van der Waals surface area contributed by atoms with Gasteiger partial charge in [0.05, 0.1) is 12.2 Å². The van der Waals surface area contributed by atoms with Crippen LogP contribution in [0.3, 0.4) is 0 Å². The summed E-state index contributed by atoms with van der Waals surface area (Å²) in [4.78, 5) is 14.5. The smallest absolute Gasteiger partial charge is 0.317 e. The van der Waals surface area contributed by atoms with Gasteiger partial charge in [0.25, 0.3) is 0 Å². The molecule has 6 nitrogen and oxygen atoms in total. The molecule has 0 aliphatic heterocycles. The number of unbranched alkanes of at least 4 members (excludes halogenated alkanes) is 12. The van der Waals surface area contributed by atoms with Gasteiger partial charge in [-0.25, -0.2) is 0 Å². The zero-order valence-electron chi connectivity index (χ0n) is 17.7. The topological polar surface area (TPSA) is 95.3 Å². The molecule has 0 heterocycles. The fourth-order valence-electron chi connectivity index (χ4n) is 3.17. The zero-order valence-corrected chi connectivity index (χ0v) is 17.7. The van der Waals surface area contributed by atoms with Crippen LogP contribution in [-0.4, -0.2) is 29.3 Å². The molecule has 6 heteroatoms. The Balaban J connectivity index is 3.67. The van der Waals surface area contributed by atoms with Gasteiger partial charge in [-0.2, -0.15) is 0 Å². The molecule has 2 atom stereocenters. The lowest BCUT2D eigenvalue weighted by atomic mass is 10.0. The molecule has 0 fully saturated rings. The quantitative estimate of drug-likeness (QED) is 0.0967. The first-order chi connectivity index (χ1) is 13.0. The zero-order chi connectivity index (χ0) is 20.3. The molecule has 0 bridgehead atoms. The summed E-state index contributed by atoms with van der Waals surface area (Å²) in [5, 5.41) is 13.5. The van der Waals surface area contributed by atoms with Crippen LogP contribution in [-0.2, 0) is 9.53 Å². The van der Waals surface area contributed by atoms with Crippen LogP contribution in [0.15, 0.2) is 5.11 Å². The van der Waals surface area contributed by atoms with Crippen LogP contribution < -0.4 is 0 Å². The van der Waals surface area contributed by atoms with Crippen LogP contribution in [0.25, 0.3) is 10.4 Å². The van der Waals surface area contributed by atoms with E-state index in [1.54, 1.807) is 13.8 Å². The Labute approximate surface area is 165 Å². The van der Waals surface area contributed by atoms with E-state index >= 15 is 0 Å². The minimum Gasteiger partial charge on any atom is -0.463 e. The lowest BCUT2D eigenvalue weighted by Crippen LogP contribution is -2.34. The Kier molecular flexibility index (Phi) is 17.3. The summed E-state index contributed by atoms with van der Waals surface area (Å²) in [7, 11) is 0. The van der Waals surface area contributed by atoms with Crippen molar-refractivity contribution in [3.63, 3.8) is 0 Å². The van der Waals surface area contributed by atoms with Crippen molar-refractivity contribution in [3.05, 3.63) is 10.4 Å². The maximum atomic E-state index is 11.9. The number of aliphatic hydroxyl groups excluding tert-OH is 1. The van der Waals surface area contributed by atoms with Crippen LogP contribution >= 0.6 is 0 Å². The number of carbonyl (C=O) groups is 1. The molecule has 27 heavy (non-hydrogen) atoms. The van der Waals surface area contributed by atoms with Crippen molar-refractivity contribution >= 4 is 5.97 Å². The Hall–Kier alpha value is -1.26. The summed E-state index contributed by atoms with van der Waals surface area (Å²) >= 11 is 0. The highest BCUT2D eigenvalue weighted by Crippen LogP contribution is 2.15. The van der Waals surface area contributed by atoms with E-state index in [-0.39, 0.29) is 6.10 Å². The number of ether oxygens (including phenoxy) is 1. The Morgan fingerprint density at radius 2 is 1.37 bits per heavy atom. The third-order valence-corrected chi connectivity index (χ3v) is 4.74. The van der Waals surface area contributed by atoms with Crippen LogP contribution in [0, 0.1) is 0 Å². The molecule has 0 aliphatic carbocycles. The normalized spacial score (nSPS) is 13.2. The van der Waals surface area contributed by atoms with E-state index in [1.807, 2.05) is 0 Å². The molecule has 1 N–H and O–H groups in total. The molecule has 0 saturated carbocycles. The molecule has 0 aromatic heterocycles. The van der Waals surface area contributed by atoms with Crippen molar-refractivity contribution < 1.29 is 14.6 Å². The first-order valence-corrected chi connectivity index (χ1v) is 11.0. The summed E-state index contributed by atoms with van der Waals surface area (Å²) in [6.07, 6.45) is 15.5. The van der Waals surface area contributed by atoms with Gasteiger partial charge in [0.1, 0.15) is 0 Å². The summed E-state index contributed by atoms with van der Waals surface area (Å²) < 4.78 is 5.04. The van der Waals surface area contributed by atoms with Crippen molar-refractivity contribution in [1.29, 1.82) is 0 Å². The van der Waals surface area contributed by atoms with Gasteiger partial charge < -0.3 is 9.84 Å². The summed E-state index contributed by atoms with van der Waals surface area (Å²) in [6.45, 7) is 5.70. The van der Waals surface area contributed by atoms with E-state index in [0.717, 1.165) is 19.3 Å². The van der Waals surface area contributed by atoms with Gasteiger partial charge in [-0.15, -0.1) is 0 Å². The molecule has 0 aliphatic rings. The minimum atomic E-state index is -1.14. The first-order valence-electron chi connectivity index (χ1n) is 11.0. The second-order valence-electron chi connectivity index (χ2n) is 7.73. The second kappa shape index (κ2) is 18.1. The molecule has 0 unspecified atom stereocenters. The standard InChI is InChI=1S/C21H41N3O3/c1-4-5-6-7-8-9-10-11-12-13-14-15-16-17-19(25)20(23-24-22)21(26)27-18(2)3/h18-20,25H,4-17H2,1-3H3/t19-,20-/m1/s1. The number of carbonyl (C=O) groups excluding carboxylic acids is 1. The number of rotatable bonds is 18. The number of hydrogen-bond acceptors (Lipinski definition) is 4. The summed E-state index contributed by atoms with van der Waals surface area (Å²) in [5.74, 6) is -0.648. The third kappa shape index (κ3) is 15.5. The van der Waals surface area contributed by atoms with Gasteiger partial charge >= 0.3 is 5.97 Å². The molecular weight excluding hydrogens is 342 g/mol. The molecule has 0 rings (SSSR count). The third-order valence-electron chi connectivity index (χ3n) is 4.74. The average Bonchev–Trinajstić information content (AvgIpc) is 2.62. The predicted octanol–water partition coefficient (Wildman–Crippen LogP) is 6.46. The monoisotopic (exact) mass is 383 g/mol. The Morgan fingerprint density at radius 3 is 1.78 bits per heavy atom. The Bertz CT molecular complexity index is 409. The van der Waals surface area contributed by atoms with Crippen molar-refractivity contribution in [2.24, 2.45) is 5.11 Å². The number of nitrogens with zero attached hydrogens (tertiary/aromatic N) is 3. The number of azide groups is 1. The molecule has 158 valence electrons. The minimum absolute atomic E-state index is 0.294. The second-order valence-corrected chi connectivity index (χ2v) is 7.73. The van der Waals surface area contributed by atoms with E-state index in [0.29, 0.717) is 6.42 Å². The Morgan fingerprint density at radius 1 is 0.926 bits per heavy atom. The summed E-state index contributed by atoms with van der Waals surface area (Å²) in [5.41, 5.74) is 8.59. The van der Waals surface area contributed by atoms with Crippen LogP contribution in [0.1, 0.15) is 111 Å². The van der Waals surface area contributed by atoms with Crippen molar-refractivity contribution in [2.75, 3.05) is 0 Å². The van der Waals surface area contributed by atoms with E-state index in [9.17, 15) is 9.90 Å². The van der Waals surface area contributed by atoms with Gasteiger partial charge in [-0.1, -0.05) is 95.5 Å². The highest BCUT2D eigenvalue weighted by Gasteiger charge is 2.27. The fourth-order valence-corrected chi connectivity index (χ4v) is 3.17.